The Labute approximate surface area is 242 Å². The maximum atomic E-state index is 14.0. The zero-order chi connectivity index (χ0) is 28.5. The van der Waals surface area contributed by atoms with Crippen LogP contribution in [0.4, 0.5) is 4.39 Å². The minimum atomic E-state index is -0.872. The van der Waals surface area contributed by atoms with E-state index in [9.17, 15) is 19.1 Å². The zero-order valence-electron chi connectivity index (χ0n) is 23.1. The molecule has 3 aliphatic rings. The monoisotopic (exact) mass is 578 g/mol. The molecule has 0 spiro atoms. The van der Waals surface area contributed by atoms with Crippen LogP contribution < -0.4 is 15.4 Å². The van der Waals surface area contributed by atoms with Crippen molar-refractivity contribution in [1.29, 1.82) is 0 Å². The van der Waals surface area contributed by atoms with Gasteiger partial charge < -0.3 is 25.4 Å². The maximum Gasteiger partial charge on any atom is 0.254 e. The van der Waals surface area contributed by atoms with Gasteiger partial charge in [-0.25, -0.2) is 9.37 Å². The van der Waals surface area contributed by atoms with Crippen molar-refractivity contribution >= 4 is 23.2 Å². The van der Waals surface area contributed by atoms with E-state index >= 15 is 0 Å². The van der Waals surface area contributed by atoms with Gasteiger partial charge in [0.1, 0.15) is 16.6 Å². The number of fused-ring (bicyclic) bond motifs is 1. The molecule has 3 aromatic rings. The van der Waals surface area contributed by atoms with Gasteiger partial charge in [-0.15, -0.1) is 11.3 Å². The second-order valence-electron chi connectivity index (χ2n) is 11.2. The highest BCUT2D eigenvalue weighted by molar-refractivity contribution is 7.09. The van der Waals surface area contributed by atoms with Gasteiger partial charge in [-0.05, 0) is 75.4 Å². The van der Waals surface area contributed by atoms with E-state index in [-0.39, 0.29) is 30.2 Å². The lowest BCUT2D eigenvalue weighted by Gasteiger charge is -2.29. The van der Waals surface area contributed by atoms with Gasteiger partial charge in [0.05, 0.1) is 24.8 Å². The highest BCUT2D eigenvalue weighted by atomic mass is 32.1. The lowest BCUT2D eigenvalue weighted by molar-refractivity contribution is 0.0732. The molecule has 0 aliphatic carbocycles. The van der Waals surface area contributed by atoms with Crippen LogP contribution in [0.5, 0.6) is 5.75 Å². The number of halogens is 1. The number of hydrogen-bond acceptors (Lipinski definition) is 7. The van der Waals surface area contributed by atoms with Crippen molar-refractivity contribution in [2.75, 3.05) is 19.7 Å². The van der Waals surface area contributed by atoms with E-state index in [1.165, 1.54) is 12.1 Å². The van der Waals surface area contributed by atoms with Crippen LogP contribution in [0.2, 0.25) is 0 Å². The first-order valence-corrected chi connectivity index (χ1v) is 15.2. The smallest absolute Gasteiger partial charge is 0.254 e. The largest absolute Gasteiger partial charge is 0.493 e. The highest BCUT2D eigenvalue weighted by Gasteiger charge is 2.36. The molecule has 2 saturated heterocycles. The number of benzene rings is 2. The summed E-state index contributed by atoms with van der Waals surface area (Å²) in [5, 5.41) is 20.5. The molecular formula is C31H35FN4O4S. The van der Waals surface area contributed by atoms with Gasteiger partial charge in [-0.1, -0.05) is 12.1 Å². The van der Waals surface area contributed by atoms with Crippen LogP contribution >= 0.6 is 11.3 Å². The minimum absolute atomic E-state index is 0.0821. The summed E-state index contributed by atoms with van der Waals surface area (Å²) in [5.74, 6) is -0.359. The Kier molecular flexibility index (Phi) is 8.05. The number of amides is 2. The van der Waals surface area contributed by atoms with Crippen LogP contribution in [-0.4, -0.2) is 64.7 Å². The molecule has 216 valence electrons. The predicted molar refractivity (Wildman–Crippen MR) is 154 cm³/mol. The molecule has 10 heteroatoms. The molecule has 6 rings (SSSR count). The van der Waals surface area contributed by atoms with Crippen molar-refractivity contribution in [3.63, 3.8) is 0 Å². The van der Waals surface area contributed by atoms with Crippen LogP contribution in [-0.2, 0) is 12.8 Å². The maximum absolute atomic E-state index is 14.0. The van der Waals surface area contributed by atoms with Gasteiger partial charge in [0.15, 0.2) is 0 Å². The Morgan fingerprint density at radius 1 is 1.27 bits per heavy atom. The first kappa shape index (κ1) is 27.8. The number of carbonyl (C=O) groups is 2. The number of aromatic nitrogens is 1. The number of ether oxygens (including phenoxy) is 1. The molecule has 41 heavy (non-hydrogen) atoms. The van der Waals surface area contributed by atoms with Crippen molar-refractivity contribution in [2.45, 2.75) is 69.7 Å². The van der Waals surface area contributed by atoms with Crippen LogP contribution in [0.3, 0.4) is 0 Å². The van der Waals surface area contributed by atoms with Crippen LogP contribution in [0.25, 0.3) is 0 Å². The molecule has 4 atom stereocenters. The van der Waals surface area contributed by atoms with Gasteiger partial charge in [0.25, 0.3) is 11.8 Å². The highest BCUT2D eigenvalue weighted by Crippen LogP contribution is 2.37. The molecule has 0 saturated carbocycles. The Bertz CT molecular complexity index is 1440. The van der Waals surface area contributed by atoms with E-state index in [2.05, 4.69) is 15.6 Å². The third-order valence-electron chi connectivity index (χ3n) is 8.33. The fourth-order valence-electron chi connectivity index (χ4n) is 6.27. The molecule has 4 heterocycles. The van der Waals surface area contributed by atoms with Crippen molar-refractivity contribution in [3.05, 3.63) is 80.6 Å². The Morgan fingerprint density at radius 2 is 2.15 bits per heavy atom. The number of aliphatic hydroxyl groups is 1. The van der Waals surface area contributed by atoms with E-state index in [0.29, 0.717) is 42.0 Å². The quantitative estimate of drug-likeness (QED) is 0.374. The Hall–Kier alpha value is -3.34. The number of likely N-dealkylation sites (tertiary alicyclic amines) is 1. The first-order valence-electron chi connectivity index (χ1n) is 14.4. The summed E-state index contributed by atoms with van der Waals surface area (Å²) in [5.41, 5.74) is 3.22. The third-order valence-corrected chi connectivity index (χ3v) is 9.39. The van der Waals surface area contributed by atoms with Crippen LogP contribution in [0.15, 0.2) is 41.8 Å². The summed E-state index contributed by atoms with van der Waals surface area (Å²) in [7, 11) is 0. The van der Waals surface area contributed by atoms with Crippen LogP contribution in [0, 0.1) is 12.7 Å². The fraction of sp³-hybridized carbons (Fsp3) is 0.452. The topological polar surface area (TPSA) is 104 Å². The van der Waals surface area contributed by atoms with E-state index in [4.69, 9.17) is 4.74 Å². The number of rotatable bonds is 8. The van der Waals surface area contributed by atoms with Crippen molar-refractivity contribution < 1.29 is 23.8 Å². The number of carbonyl (C=O) groups excluding carboxylic acids is 2. The van der Waals surface area contributed by atoms with Crippen LogP contribution in [0.1, 0.15) is 74.3 Å². The average Bonchev–Trinajstić information content (AvgIpc) is 3.78. The lowest BCUT2D eigenvalue weighted by atomic mass is 9.94. The Balaban J connectivity index is 1.27. The number of aliphatic hydroxyl groups excluding tert-OH is 1. The minimum Gasteiger partial charge on any atom is -0.493 e. The summed E-state index contributed by atoms with van der Waals surface area (Å²) < 4.78 is 19.8. The van der Waals surface area contributed by atoms with Gasteiger partial charge in [0.2, 0.25) is 0 Å². The van der Waals surface area contributed by atoms with E-state index in [1.54, 1.807) is 35.6 Å². The summed E-state index contributed by atoms with van der Waals surface area (Å²) in [6.45, 7) is 3.83. The normalized spacial score (nSPS) is 21.4. The van der Waals surface area contributed by atoms with Crippen molar-refractivity contribution in [3.8, 4) is 5.75 Å². The van der Waals surface area contributed by atoms with Crippen molar-refractivity contribution in [1.82, 2.24) is 20.5 Å². The van der Waals surface area contributed by atoms with Crippen molar-refractivity contribution in [2.24, 2.45) is 0 Å². The molecule has 2 fully saturated rings. The first-order chi connectivity index (χ1) is 19.9. The molecule has 3 aliphatic heterocycles. The second-order valence-corrected chi connectivity index (χ2v) is 12.1. The predicted octanol–water partition coefficient (Wildman–Crippen LogP) is 3.96. The third kappa shape index (κ3) is 5.86. The standard InChI is InChI=1S/C31H35FN4O4S/c1-18-17-41-30(34-18)26-8-4-11-36(26)31(39)23-15-20(16-27-22(23)9-12-40-27)29(38)35-25(28(37)24-7-3-10-33-24)14-19-5-2-6-21(32)13-19/h2,5-6,13,15-17,24-26,28,33,37H,3-4,7-12,14H2,1H3,(H,35,38)/t24-,25+,26?,28-/m1/s1. The Morgan fingerprint density at radius 3 is 2.90 bits per heavy atom. The van der Waals surface area contributed by atoms with E-state index in [0.717, 1.165) is 48.5 Å². The number of nitrogens with one attached hydrogen (secondary N) is 2. The van der Waals surface area contributed by atoms with E-state index in [1.807, 2.05) is 17.2 Å². The average molecular weight is 579 g/mol. The summed E-state index contributed by atoms with van der Waals surface area (Å²) >= 11 is 1.57. The zero-order valence-corrected chi connectivity index (χ0v) is 23.9. The molecule has 0 bridgehead atoms. The SMILES string of the molecule is Cc1csc(C2CCCN2C(=O)c2cc(C(=O)N[C@@H](Cc3cccc(F)c3)[C@H](O)[C@H]3CCCN3)cc3c2CCO3)n1. The number of aryl methyl sites for hydroxylation is 1. The lowest BCUT2D eigenvalue weighted by Crippen LogP contribution is -2.52. The summed E-state index contributed by atoms with van der Waals surface area (Å²) in [4.78, 5) is 34.2. The fourth-order valence-corrected chi connectivity index (χ4v) is 7.22. The molecule has 8 nitrogen and oxygen atoms in total. The van der Waals surface area contributed by atoms with E-state index < -0.39 is 18.1 Å². The molecule has 2 amide bonds. The van der Waals surface area contributed by atoms with Gasteiger partial charge in [0, 0.05) is 46.8 Å². The number of hydrogen-bond donors (Lipinski definition) is 3. The van der Waals surface area contributed by atoms with Gasteiger partial charge in [-0.3, -0.25) is 9.59 Å². The molecular weight excluding hydrogens is 543 g/mol. The van der Waals surface area contributed by atoms with Gasteiger partial charge >= 0.3 is 0 Å². The molecule has 2 aromatic carbocycles. The molecule has 1 aromatic heterocycles. The van der Waals surface area contributed by atoms with Gasteiger partial charge in [-0.2, -0.15) is 0 Å². The summed E-state index contributed by atoms with van der Waals surface area (Å²) in [6.07, 6.45) is 3.46. The second kappa shape index (κ2) is 11.9. The molecule has 0 radical (unpaired) electrons. The molecule has 1 unspecified atom stereocenters. The number of nitrogens with zero attached hydrogens (tertiary/aromatic N) is 2. The number of thiazole rings is 1. The summed E-state index contributed by atoms with van der Waals surface area (Å²) in [6, 6.07) is 8.62. The molecule has 3 N–H and O–H groups in total.